The minimum atomic E-state index is 0.443. The van der Waals surface area contributed by atoms with Gasteiger partial charge in [0.05, 0.1) is 0 Å². The summed E-state index contributed by atoms with van der Waals surface area (Å²) < 4.78 is 0. The molecule has 0 nitrogen and oxygen atoms in total. The quantitative estimate of drug-likeness (QED) is 0.625. The van der Waals surface area contributed by atoms with Crippen molar-refractivity contribution in [2.45, 2.75) is 52.3 Å². The summed E-state index contributed by atoms with van der Waals surface area (Å²) >= 11 is 3.74. The minimum absolute atomic E-state index is 0.443. The number of hydrogen-bond donors (Lipinski definition) is 0. The third-order valence-corrected chi connectivity index (χ3v) is 3.66. The number of hydrogen-bond acceptors (Lipinski definition) is 0. The van der Waals surface area contributed by atoms with Gasteiger partial charge in [-0.3, -0.25) is 0 Å². The average Bonchev–Trinajstić information content (AvgIpc) is 1.86. The molecular formula is C10H21Br. The zero-order valence-electron chi connectivity index (χ0n) is 8.45. The van der Waals surface area contributed by atoms with Gasteiger partial charge in [-0.2, -0.15) is 0 Å². The van der Waals surface area contributed by atoms with E-state index in [2.05, 4.69) is 50.5 Å². The van der Waals surface area contributed by atoms with E-state index in [1.807, 2.05) is 0 Å². The molecule has 0 aromatic rings. The van der Waals surface area contributed by atoms with Gasteiger partial charge in [-0.25, -0.2) is 0 Å². The molecule has 1 heteroatoms. The highest BCUT2D eigenvalue weighted by Crippen LogP contribution is 2.35. The molecule has 0 spiro atoms. The normalized spacial score (nSPS) is 18.0. The summed E-state index contributed by atoms with van der Waals surface area (Å²) in [5, 5.41) is 0. The van der Waals surface area contributed by atoms with E-state index >= 15 is 0 Å². The maximum atomic E-state index is 3.74. The summed E-state index contributed by atoms with van der Waals surface area (Å²) in [5.74, 6) is 0.799. The van der Waals surface area contributed by atoms with E-state index in [-0.39, 0.29) is 0 Å². The van der Waals surface area contributed by atoms with Gasteiger partial charge >= 0.3 is 0 Å². The monoisotopic (exact) mass is 220 g/mol. The largest absolute Gasteiger partial charge is 0.0888 e. The summed E-state index contributed by atoms with van der Waals surface area (Å²) in [5.41, 5.74) is 0.443. The molecule has 0 radical (unpaired) electrons. The first kappa shape index (κ1) is 11.5. The van der Waals surface area contributed by atoms with E-state index in [1.54, 1.807) is 0 Å². The lowest BCUT2D eigenvalue weighted by atomic mass is 9.77. The predicted octanol–water partition coefficient (Wildman–Crippen LogP) is 4.23. The topological polar surface area (TPSA) is 0 Å². The average molecular weight is 221 g/mol. The fourth-order valence-electron chi connectivity index (χ4n) is 1.70. The Morgan fingerprint density at radius 3 is 1.64 bits per heavy atom. The van der Waals surface area contributed by atoms with Crippen LogP contribution in [-0.4, -0.2) is 4.83 Å². The Morgan fingerprint density at radius 2 is 1.55 bits per heavy atom. The summed E-state index contributed by atoms with van der Waals surface area (Å²) in [6, 6.07) is 0. The van der Waals surface area contributed by atoms with Gasteiger partial charge in [-0.1, -0.05) is 57.0 Å². The molecule has 0 amide bonds. The second-order valence-corrected chi connectivity index (χ2v) is 5.48. The summed E-state index contributed by atoms with van der Waals surface area (Å²) in [6.07, 6.45) is 2.50. The maximum absolute atomic E-state index is 3.74. The molecule has 0 aliphatic rings. The zero-order valence-corrected chi connectivity index (χ0v) is 10.0. The fourth-order valence-corrected chi connectivity index (χ4v) is 2.86. The highest BCUT2D eigenvalue weighted by atomic mass is 79.9. The van der Waals surface area contributed by atoms with Crippen molar-refractivity contribution in [1.82, 2.24) is 0 Å². The van der Waals surface area contributed by atoms with Crippen LogP contribution in [0.1, 0.15) is 47.5 Å². The van der Waals surface area contributed by atoms with Crippen LogP contribution in [0.3, 0.4) is 0 Å². The highest BCUT2D eigenvalue weighted by Gasteiger charge is 2.27. The molecule has 0 saturated heterocycles. The molecule has 2 atom stereocenters. The van der Waals surface area contributed by atoms with E-state index in [9.17, 15) is 0 Å². The Balaban J connectivity index is 4.16. The van der Waals surface area contributed by atoms with Crippen LogP contribution >= 0.6 is 15.9 Å². The summed E-state index contributed by atoms with van der Waals surface area (Å²) in [7, 11) is 0. The van der Waals surface area contributed by atoms with Gasteiger partial charge in [0.2, 0.25) is 0 Å². The molecule has 0 aromatic carbocycles. The van der Waals surface area contributed by atoms with Crippen LogP contribution in [0.4, 0.5) is 0 Å². The minimum Gasteiger partial charge on any atom is -0.0888 e. The Morgan fingerprint density at radius 1 is 1.09 bits per heavy atom. The molecule has 0 rings (SSSR count). The van der Waals surface area contributed by atoms with E-state index in [4.69, 9.17) is 0 Å². The molecule has 0 bridgehead atoms. The molecule has 0 heterocycles. The third kappa shape index (κ3) is 3.59. The smallest absolute Gasteiger partial charge is 0.0176 e. The fraction of sp³-hybridized carbons (Fsp3) is 1.00. The lowest BCUT2D eigenvalue weighted by molar-refractivity contribution is 0.227. The Bertz CT molecular complexity index is 102. The maximum Gasteiger partial charge on any atom is 0.0176 e. The molecule has 11 heavy (non-hydrogen) atoms. The zero-order chi connectivity index (χ0) is 9.07. The van der Waals surface area contributed by atoms with Crippen molar-refractivity contribution in [1.29, 1.82) is 0 Å². The van der Waals surface area contributed by atoms with Crippen molar-refractivity contribution in [3.8, 4) is 0 Å². The highest BCUT2D eigenvalue weighted by molar-refractivity contribution is 9.09. The van der Waals surface area contributed by atoms with Gasteiger partial charge in [0.25, 0.3) is 0 Å². The number of alkyl halides is 1. The SMILES string of the molecule is CCC(Br)C(CC)C(C)(C)C. The van der Waals surface area contributed by atoms with Crippen LogP contribution in [0, 0.1) is 11.3 Å². The molecule has 0 saturated carbocycles. The van der Waals surface area contributed by atoms with Gasteiger partial charge < -0.3 is 0 Å². The van der Waals surface area contributed by atoms with Gasteiger partial charge in [0.15, 0.2) is 0 Å². The van der Waals surface area contributed by atoms with Crippen molar-refractivity contribution in [2.75, 3.05) is 0 Å². The lowest BCUT2D eigenvalue weighted by Crippen LogP contribution is -2.27. The van der Waals surface area contributed by atoms with E-state index < -0.39 is 0 Å². The summed E-state index contributed by atoms with van der Waals surface area (Å²) in [4.78, 5) is 0.688. The molecule has 0 fully saturated rings. The van der Waals surface area contributed by atoms with Crippen LogP contribution in [-0.2, 0) is 0 Å². The second-order valence-electron chi connectivity index (χ2n) is 4.31. The van der Waals surface area contributed by atoms with Crippen LogP contribution in [0.5, 0.6) is 0 Å². The van der Waals surface area contributed by atoms with E-state index in [0.29, 0.717) is 10.2 Å². The van der Waals surface area contributed by atoms with Crippen molar-refractivity contribution in [3.63, 3.8) is 0 Å². The molecule has 0 aromatic heterocycles. The molecular weight excluding hydrogens is 200 g/mol. The number of rotatable bonds is 3. The first-order valence-electron chi connectivity index (χ1n) is 4.57. The van der Waals surface area contributed by atoms with Crippen molar-refractivity contribution < 1.29 is 0 Å². The van der Waals surface area contributed by atoms with Crippen molar-refractivity contribution in [2.24, 2.45) is 11.3 Å². The molecule has 0 aliphatic heterocycles. The van der Waals surface area contributed by atoms with E-state index in [1.165, 1.54) is 12.8 Å². The van der Waals surface area contributed by atoms with Crippen molar-refractivity contribution in [3.05, 3.63) is 0 Å². The van der Waals surface area contributed by atoms with Crippen LogP contribution in [0.15, 0.2) is 0 Å². The van der Waals surface area contributed by atoms with Crippen LogP contribution in [0.2, 0.25) is 0 Å². The second kappa shape index (κ2) is 4.49. The first-order chi connectivity index (χ1) is 4.93. The summed E-state index contributed by atoms with van der Waals surface area (Å²) in [6.45, 7) is 11.5. The molecule has 68 valence electrons. The third-order valence-electron chi connectivity index (χ3n) is 2.38. The molecule has 0 aliphatic carbocycles. The van der Waals surface area contributed by atoms with Gasteiger partial charge in [0.1, 0.15) is 0 Å². The van der Waals surface area contributed by atoms with E-state index in [0.717, 1.165) is 5.92 Å². The van der Waals surface area contributed by atoms with Gasteiger partial charge in [0, 0.05) is 4.83 Å². The molecule has 0 N–H and O–H groups in total. The predicted molar refractivity (Wildman–Crippen MR) is 56.2 cm³/mol. The van der Waals surface area contributed by atoms with Gasteiger partial charge in [-0.05, 0) is 17.8 Å². The Hall–Kier alpha value is 0.480. The van der Waals surface area contributed by atoms with Crippen LogP contribution in [0.25, 0.3) is 0 Å². The van der Waals surface area contributed by atoms with Crippen LogP contribution < -0.4 is 0 Å². The first-order valence-corrected chi connectivity index (χ1v) is 5.49. The lowest BCUT2D eigenvalue weighted by Gasteiger charge is -2.33. The number of halogens is 1. The Kier molecular flexibility index (Phi) is 4.69. The van der Waals surface area contributed by atoms with Crippen molar-refractivity contribution >= 4 is 15.9 Å². The molecule has 2 unspecified atom stereocenters. The Labute approximate surface area is 79.9 Å². The van der Waals surface area contributed by atoms with Gasteiger partial charge in [-0.15, -0.1) is 0 Å². The standard InChI is InChI=1S/C10H21Br/c1-6-8(9(11)7-2)10(3,4)5/h8-9H,6-7H2,1-5H3.